The van der Waals surface area contributed by atoms with E-state index in [9.17, 15) is 0 Å². The van der Waals surface area contributed by atoms with Gasteiger partial charge in [0.2, 0.25) is 0 Å². The van der Waals surface area contributed by atoms with E-state index >= 15 is 0 Å². The van der Waals surface area contributed by atoms with Gasteiger partial charge < -0.3 is 22.5 Å². The van der Waals surface area contributed by atoms with Gasteiger partial charge >= 0.3 is 0 Å². The van der Waals surface area contributed by atoms with Gasteiger partial charge in [0, 0.05) is 83.1 Å². The van der Waals surface area contributed by atoms with Gasteiger partial charge in [-0.2, -0.15) is 0 Å². The molecule has 11 aromatic carbocycles. The minimum Gasteiger partial charge on any atom is -0.456 e. The van der Waals surface area contributed by atoms with Crippen LogP contribution in [0, 0.1) is 0 Å². The Morgan fingerprint density at radius 1 is 0.197 bits per heavy atom. The molecule has 71 heavy (non-hydrogen) atoms. The van der Waals surface area contributed by atoms with Crippen LogP contribution in [0.5, 0.6) is 0 Å². The van der Waals surface area contributed by atoms with Gasteiger partial charge in [-0.05, 0) is 131 Å². The van der Waals surface area contributed by atoms with Crippen LogP contribution >= 0.6 is 0 Å². The van der Waals surface area contributed by atoms with E-state index in [1.807, 2.05) is 6.07 Å². The summed E-state index contributed by atoms with van der Waals surface area (Å²) >= 11 is 0. The molecular weight excluding hydrogens is 867 g/mol. The standard InChI is InChI=1S/C66H39N3O2/c1-4-14-44(15-5-1)67-57-22-12-10-20-47(57)49-32-40(24-28-58(49)67)43-27-31-64-54(35-43)56-37-53-51-34-42(26-30-60(51)69(46-18-8-3-9-19-46)62(53)39-66(56)71-64)41-25-29-59-50(33-41)52-36-55-48-21-11-13-23-63(48)70-65(55)38-61(52)68(59)45-16-6-2-7-17-45/h1-39H. The topological polar surface area (TPSA) is 41.1 Å². The predicted octanol–water partition coefficient (Wildman–Crippen LogP) is 18.1. The monoisotopic (exact) mass is 905 g/mol. The Balaban J connectivity index is 0.886. The van der Waals surface area contributed by atoms with Gasteiger partial charge in [-0.25, -0.2) is 0 Å². The van der Waals surface area contributed by atoms with E-state index in [4.69, 9.17) is 8.83 Å². The zero-order valence-electron chi connectivity index (χ0n) is 38.2. The van der Waals surface area contributed by atoms with Crippen molar-refractivity contribution in [2.75, 3.05) is 0 Å². The Labute approximate surface area is 405 Å². The summed E-state index contributed by atoms with van der Waals surface area (Å²) in [5, 5.41) is 11.7. The lowest BCUT2D eigenvalue weighted by molar-refractivity contribution is 0.669. The highest BCUT2D eigenvalue weighted by molar-refractivity contribution is 6.20. The molecule has 0 amide bonds. The van der Waals surface area contributed by atoms with Crippen LogP contribution < -0.4 is 0 Å². The molecule has 5 heterocycles. The molecule has 0 saturated carbocycles. The van der Waals surface area contributed by atoms with E-state index in [0.29, 0.717) is 0 Å². The van der Waals surface area contributed by atoms with Crippen molar-refractivity contribution in [3.05, 3.63) is 237 Å². The minimum absolute atomic E-state index is 0.867. The molecule has 0 aliphatic heterocycles. The van der Waals surface area contributed by atoms with Gasteiger partial charge in [-0.3, -0.25) is 0 Å². The molecule has 0 saturated heterocycles. The third-order valence-corrected chi connectivity index (χ3v) is 15.0. The molecule has 0 aliphatic rings. The maximum Gasteiger partial charge on any atom is 0.137 e. The second kappa shape index (κ2) is 14.5. The Bertz CT molecular complexity index is 4860. The highest BCUT2D eigenvalue weighted by atomic mass is 16.3. The first-order valence-corrected chi connectivity index (χ1v) is 24.2. The van der Waals surface area contributed by atoms with Gasteiger partial charge in [0.25, 0.3) is 0 Å². The number of benzene rings is 11. The number of fused-ring (bicyclic) bond motifs is 15. The molecule has 5 heteroatoms. The molecule has 16 rings (SSSR count). The molecule has 0 atom stereocenters. The van der Waals surface area contributed by atoms with E-state index in [0.717, 1.165) is 99.7 Å². The molecule has 0 aliphatic carbocycles. The lowest BCUT2D eigenvalue weighted by atomic mass is 9.99. The van der Waals surface area contributed by atoms with Crippen LogP contribution in [0.2, 0.25) is 0 Å². The number of para-hydroxylation sites is 5. The summed E-state index contributed by atoms with van der Waals surface area (Å²) in [6.07, 6.45) is 0. The second-order valence-corrected chi connectivity index (χ2v) is 18.9. The van der Waals surface area contributed by atoms with Gasteiger partial charge in [-0.15, -0.1) is 0 Å². The summed E-state index contributed by atoms with van der Waals surface area (Å²) in [4.78, 5) is 0. The van der Waals surface area contributed by atoms with Gasteiger partial charge in [0.15, 0.2) is 0 Å². The van der Waals surface area contributed by atoms with E-state index in [1.165, 1.54) is 48.9 Å². The zero-order chi connectivity index (χ0) is 46.3. The summed E-state index contributed by atoms with van der Waals surface area (Å²) in [5.41, 5.74) is 18.5. The first-order valence-electron chi connectivity index (χ1n) is 24.2. The zero-order valence-corrected chi connectivity index (χ0v) is 38.2. The Morgan fingerprint density at radius 2 is 0.535 bits per heavy atom. The van der Waals surface area contributed by atoms with Crippen LogP contribution in [0.3, 0.4) is 0 Å². The molecule has 0 N–H and O–H groups in total. The third kappa shape index (κ3) is 5.57. The molecule has 0 bridgehead atoms. The molecule has 5 aromatic heterocycles. The van der Waals surface area contributed by atoms with Crippen molar-refractivity contribution in [3.8, 4) is 39.3 Å². The molecule has 16 aromatic rings. The first kappa shape index (κ1) is 38.4. The van der Waals surface area contributed by atoms with Crippen LogP contribution in [0.15, 0.2) is 245 Å². The summed E-state index contributed by atoms with van der Waals surface area (Å²) in [7, 11) is 0. The van der Waals surface area contributed by atoms with Crippen LogP contribution in [-0.4, -0.2) is 13.7 Å². The second-order valence-electron chi connectivity index (χ2n) is 18.9. The molecule has 330 valence electrons. The van der Waals surface area contributed by atoms with Gasteiger partial charge in [0.1, 0.15) is 22.3 Å². The van der Waals surface area contributed by atoms with E-state index < -0.39 is 0 Å². The van der Waals surface area contributed by atoms with Gasteiger partial charge in [-0.1, -0.05) is 115 Å². The van der Waals surface area contributed by atoms with Crippen LogP contribution in [0.25, 0.3) is 149 Å². The molecule has 0 fully saturated rings. The average Bonchev–Trinajstić information content (AvgIpc) is 4.23. The highest BCUT2D eigenvalue weighted by Gasteiger charge is 2.21. The molecule has 0 spiro atoms. The van der Waals surface area contributed by atoms with E-state index in [-0.39, 0.29) is 0 Å². The minimum atomic E-state index is 0.867. The Hall–Kier alpha value is -9.58. The number of furan rings is 2. The quantitative estimate of drug-likeness (QED) is 0.173. The normalized spacial score (nSPS) is 12.2. The van der Waals surface area contributed by atoms with Crippen molar-refractivity contribution in [2.24, 2.45) is 0 Å². The van der Waals surface area contributed by atoms with Crippen molar-refractivity contribution in [3.63, 3.8) is 0 Å². The fourth-order valence-electron chi connectivity index (χ4n) is 11.8. The van der Waals surface area contributed by atoms with Crippen molar-refractivity contribution in [1.82, 2.24) is 13.7 Å². The lowest BCUT2D eigenvalue weighted by Gasteiger charge is -2.09. The Morgan fingerprint density at radius 3 is 1.06 bits per heavy atom. The maximum atomic E-state index is 6.74. The van der Waals surface area contributed by atoms with Crippen LogP contribution in [0.4, 0.5) is 0 Å². The van der Waals surface area contributed by atoms with E-state index in [2.05, 4.69) is 244 Å². The van der Waals surface area contributed by atoms with Crippen LogP contribution in [-0.2, 0) is 0 Å². The predicted molar refractivity (Wildman–Crippen MR) is 295 cm³/mol. The third-order valence-electron chi connectivity index (χ3n) is 15.0. The number of rotatable bonds is 5. The fraction of sp³-hybridized carbons (Fsp3) is 0. The van der Waals surface area contributed by atoms with Crippen molar-refractivity contribution >= 4 is 109 Å². The molecular formula is C66H39N3O2. The van der Waals surface area contributed by atoms with E-state index in [1.54, 1.807) is 0 Å². The summed E-state index contributed by atoms with van der Waals surface area (Å²) < 4.78 is 20.3. The molecule has 5 nitrogen and oxygen atoms in total. The number of hydrogen-bond donors (Lipinski definition) is 0. The SMILES string of the molecule is c1ccc(-n2c3ccccc3c3cc(-c4ccc5oc6cc7c(cc6c5c4)c4cc(-c5ccc6c(c5)c5cc8c(cc5n6-c5ccccc5)oc5ccccc58)ccc4n7-c4ccccc4)ccc32)cc1. The number of nitrogens with zero attached hydrogens (tertiary/aromatic N) is 3. The number of aromatic nitrogens is 3. The lowest BCUT2D eigenvalue weighted by Crippen LogP contribution is -1.93. The summed E-state index contributed by atoms with van der Waals surface area (Å²) in [5.74, 6) is 0. The smallest absolute Gasteiger partial charge is 0.137 e. The van der Waals surface area contributed by atoms with Crippen molar-refractivity contribution < 1.29 is 8.83 Å². The fourth-order valence-corrected chi connectivity index (χ4v) is 11.8. The summed E-state index contributed by atoms with van der Waals surface area (Å²) in [6, 6.07) is 85.6. The molecule has 0 radical (unpaired) electrons. The number of hydrogen-bond acceptors (Lipinski definition) is 2. The first-order chi connectivity index (χ1) is 35.2. The summed E-state index contributed by atoms with van der Waals surface area (Å²) in [6.45, 7) is 0. The van der Waals surface area contributed by atoms with Gasteiger partial charge in [0.05, 0.1) is 33.1 Å². The van der Waals surface area contributed by atoms with Crippen molar-refractivity contribution in [2.45, 2.75) is 0 Å². The molecule has 0 unspecified atom stereocenters. The van der Waals surface area contributed by atoms with Crippen molar-refractivity contribution in [1.29, 1.82) is 0 Å². The average molecular weight is 906 g/mol. The maximum absolute atomic E-state index is 6.74. The van der Waals surface area contributed by atoms with Crippen LogP contribution in [0.1, 0.15) is 0 Å². The highest BCUT2D eigenvalue weighted by Crippen LogP contribution is 2.44. The largest absolute Gasteiger partial charge is 0.456 e. The Kier molecular flexibility index (Phi) is 7.82.